The number of para-hydroxylation sites is 2. The van der Waals surface area contributed by atoms with Gasteiger partial charge in [0.25, 0.3) is 5.91 Å². The number of rotatable bonds is 5. The van der Waals surface area contributed by atoms with E-state index in [0.717, 1.165) is 22.5 Å². The molecule has 1 N–H and O–H groups in total. The number of ether oxygens (including phenoxy) is 2. The highest BCUT2D eigenvalue weighted by Crippen LogP contribution is 2.36. The molecular weight excluding hydrogens is 376 g/mol. The minimum absolute atomic E-state index is 0.0183. The molecule has 1 atom stereocenters. The normalized spacial score (nSPS) is 15.4. The predicted octanol–water partition coefficient (Wildman–Crippen LogP) is 4.92. The third kappa shape index (κ3) is 4.01. The second-order valence-electron chi connectivity index (χ2n) is 7.01. The van der Waals surface area contributed by atoms with Crippen LogP contribution in [0.3, 0.4) is 0 Å². The number of benzene rings is 3. The van der Waals surface area contributed by atoms with Crippen LogP contribution in [0.4, 0.5) is 11.4 Å². The van der Waals surface area contributed by atoms with Gasteiger partial charge in [-0.3, -0.25) is 4.79 Å². The molecule has 1 amide bonds. The summed E-state index contributed by atoms with van der Waals surface area (Å²) in [6.45, 7) is 0.541. The Morgan fingerprint density at radius 1 is 1.00 bits per heavy atom. The highest BCUT2D eigenvalue weighted by molar-refractivity contribution is 6.06. The van der Waals surface area contributed by atoms with E-state index < -0.39 is 0 Å². The van der Waals surface area contributed by atoms with Crippen molar-refractivity contribution in [3.05, 3.63) is 90.0 Å². The van der Waals surface area contributed by atoms with Crippen molar-refractivity contribution >= 4 is 23.4 Å². The molecule has 152 valence electrons. The summed E-state index contributed by atoms with van der Waals surface area (Å²) in [5.74, 6) is 1.30. The van der Waals surface area contributed by atoms with Crippen molar-refractivity contribution in [2.75, 3.05) is 31.0 Å². The zero-order chi connectivity index (χ0) is 20.9. The Kier molecular flexibility index (Phi) is 5.70. The largest absolute Gasteiger partial charge is 0.497 e. The van der Waals surface area contributed by atoms with Gasteiger partial charge in [0.15, 0.2) is 0 Å². The first-order valence-corrected chi connectivity index (χ1v) is 9.81. The number of nitrogens with zero attached hydrogens (tertiary/aromatic N) is 1. The topological polar surface area (TPSA) is 50.8 Å². The zero-order valence-electron chi connectivity index (χ0n) is 17.0. The Morgan fingerprint density at radius 2 is 1.77 bits per heavy atom. The molecule has 0 saturated carbocycles. The van der Waals surface area contributed by atoms with E-state index >= 15 is 0 Å². The molecule has 5 heteroatoms. The summed E-state index contributed by atoms with van der Waals surface area (Å²) in [4.78, 5) is 15.0. The van der Waals surface area contributed by atoms with Crippen molar-refractivity contribution in [2.45, 2.75) is 6.04 Å². The first-order valence-electron chi connectivity index (χ1n) is 9.81. The summed E-state index contributed by atoms with van der Waals surface area (Å²) < 4.78 is 10.7. The van der Waals surface area contributed by atoms with Gasteiger partial charge >= 0.3 is 0 Å². The van der Waals surface area contributed by atoms with E-state index in [1.165, 1.54) is 0 Å². The van der Waals surface area contributed by atoms with Crippen molar-refractivity contribution in [1.29, 1.82) is 0 Å². The number of hydrogen-bond donors (Lipinski definition) is 1. The SMILES string of the molecule is COc1ccc(OC)c(/C=C/C(=O)N2CC(c3ccccc3)Nc3ccccc32)c1. The monoisotopic (exact) mass is 400 g/mol. The summed E-state index contributed by atoms with van der Waals surface area (Å²) in [5.41, 5.74) is 3.74. The van der Waals surface area contributed by atoms with Gasteiger partial charge in [-0.05, 0) is 42.0 Å². The summed E-state index contributed by atoms with van der Waals surface area (Å²) in [7, 11) is 3.22. The van der Waals surface area contributed by atoms with Gasteiger partial charge in [-0.2, -0.15) is 0 Å². The molecule has 0 aliphatic carbocycles. The maximum absolute atomic E-state index is 13.2. The van der Waals surface area contributed by atoms with E-state index in [0.29, 0.717) is 18.0 Å². The fourth-order valence-corrected chi connectivity index (χ4v) is 3.65. The zero-order valence-corrected chi connectivity index (χ0v) is 17.0. The number of amides is 1. The molecule has 0 bridgehead atoms. The Hall–Kier alpha value is -3.73. The average molecular weight is 400 g/mol. The third-order valence-corrected chi connectivity index (χ3v) is 5.20. The van der Waals surface area contributed by atoms with Gasteiger partial charge in [-0.1, -0.05) is 42.5 Å². The maximum Gasteiger partial charge on any atom is 0.251 e. The first-order chi connectivity index (χ1) is 14.7. The van der Waals surface area contributed by atoms with E-state index in [-0.39, 0.29) is 11.9 Å². The molecule has 1 aliphatic rings. The molecule has 5 nitrogen and oxygen atoms in total. The molecule has 0 aromatic heterocycles. The van der Waals surface area contributed by atoms with Gasteiger partial charge in [-0.25, -0.2) is 0 Å². The minimum atomic E-state index is -0.0882. The number of fused-ring (bicyclic) bond motifs is 1. The number of carbonyl (C=O) groups is 1. The number of methoxy groups -OCH3 is 2. The molecule has 0 radical (unpaired) electrons. The molecule has 0 fully saturated rings. The van der Waals surface area contributed by atoms with Crippen LogP contribution in [0.2, 0.25) is 0 Å². The lowest BCUT2D eigenvalue weighted by atomic mass is 10.0. The lowest BCUT2D eigenvalue weighted by Crippen LogP contribution is -2.39. The Balaban J connectivity index is 1.63. The maximum atomic E-state index is 13.2. The van der Waals surface area contributed by atoms with Crippen molar-refractivity contribution in [3.8, 4) is 11.5 Å². The van der Waals surface area contributed by atoms with Crippen LogP contribution < -0.4 is 19.7 Å². The smallest absolute Gasteiger partial charge is 0.251 e. The molecule has 1 aliphatic heterocycles. The van der Waals surface area contributed by atoms with Crippen LogP contribution >= 0.6 is 0 Å². The molecular formula is C25H24N2O3. The second-order valence-corrected chi connectivity index (χ2v) is 7.01. The van der Waals surface area contributed by atoms with Crippen LogP contribution in [-0.2, 0) is 4.79 Å². The van der Waals surface area contributed by atoms with Crippen LogP contribution in [0, 0.1) is 0 Å². The van der Waals surface area contributed by atoms with Gasteiger partial charge in [0, 0.05) is 11.6 Å². The Morgan fingerprint density at radius 3 is 2.53 bits per heavy atom. The molecule has 0 spiro atoms. The first kappa shape index (κ1) is 19.6. The molecule has 0 saturated heterocycles. The van der Waals surface area contributed by atoms with E-state index in [2.05, 4.69) is 17.4 Å². The average Bonchev–Trinajstić information content (AvgIpc) is 2.82. The number of nitrogens with one attached hydrogen (secondary N) is 1. The van der Waals surface area contributed by atoms with Crippen LogP contribution in [0.1, 0.15) is 17.2 Å². The third-order valence-electron chi connectivity index (χ3n) is 5.20. The van der Waals surface area contributed by atoms with Crippen molar-refractivity contribution in [3.63, 3.8) is 0 Å². The highest BCUT2D eigenvalue weighted by atomic mass is 16.5. The molecule has 3 aromatic carbocycles. The standard InChI is InChI=1S/C25H24N2O3/c1-29-20-13-14-24(30-2)19(16-20)12-15-25(28)27-17-22(18-8-4-3-5-9-18)26-21-10-6-7-11-23(21)27/h3-16,22,26H,17H2,1-2H3/b15-12+. The van der Waals surface area contributed by atoms with Crippen LogP contribution in [0.5, 0.6) is 11.5 Å². The highest BCUT2D eigenvalue weighted by Gasteiger charge is 2.27. The van der Waals surface area contributed by atoms with E-state index in [1.807, 2.05) is 65.6 Å². The Labute approximate surface area is 176 Å². The minimum Gasteiger partial charge on any atom is -0.497 e. The van der Waals surface area contributed by atoms with Gasteiger partial charge in [0.05, 0.1) is 38.2 Å². The lowest BCUT2D eigenvalue weighted by Gasteiger charge is -2.35. The van der Waals surface area contributed by atoms with Crippen molar-refractivity contribution < 1.29 is 14.3 Å². The fraction of sp³-hybridized carbons (Fsp3) is 0.160. The van der Waals surface area contributed by atoms with E-state index in [1.54, 1.807) is 26.4 Å². The van der Waals surface area contributed by atoms with Crippen molar-refractivity contribution in [1.82, 2.24) is 0 Å². The quantitative estimate of drug-likeness (QED) is 0.618. The molecule has 1 unspecified atom stereocenters. The van der Waals surface area contributed by atoms with Gasteiger partial charge in [-0.15, -0.1) is 0 Å². The van der Waals surface area contributed by atoms with Crippen LogP contribution in [-0.4, -0.2) is 26.7 Å². The van der Waals surface area contributed by atoms with Crippen molar-refractivity contribution in [2.24, 2.45) is 0 Å². The van der Waals surface area contributed by atoms with Crippen LogP contribution in [0.25, 0.3) is 6.08 Å². The number of hydrogen-bond acceptors (Lipinski definition) is 4. The van der Waals surface area contributed by atoms with E-state index in [9.17, 15) is 4.79 Å². The Bertz CT molecular complexity index is 1060. The number of carbonyl (C=O) groups excluding carboxylic acids is 1. The molecule has 3 aromatic rings. The van der Waals surface area contributed by atoms with Gasteiger partial charge in [0.1, 0.15) is 11.5 Å². The lowest BCUT2D eigenvalue weighted by molar-refractivity contribution is -0.114. The summed E-state index contributed by atoms with van der Waals surface area (Å²) in [5, 5.41) is 3.55. The van der Waals surface area contributed by atoms with Gasteiger partial charge < -0.3 is 19.7 Å². The summed E-state index contributed by atoms with van der Waals surface area (Å²) >= 11 is 0. The molecule has 1 heterocycles. The van der Waals surface area contributed by atoms with E-state index in [4.69, 9.17) is 9.47 Å². The second kappa shape index (κ2) is 8.74. The summed E-state index contributed by atoms with van der Waals surface area (Å²) in [6, 6.07) is 23.6. The molecule has 4 rings (SSSR count). The fourth-order valence-electron chi connectivity index (χ4n) is 3.65. The van der Waals surface area contributed by atoms with Gasteiger partial charge in [0.2, 0.25) is 0 Å². The predicted molar refractivity (Wildman–Crippen MR) is 120 cm³/mol. The number of anilines is 2. The van der Waals surface area contributed by atoms with Crippen LogP contribution in [0.15, 0.2) is 78.9 Å². The summed E-state index contributed by atoms with van der Waals surface area (Å²) in [6.07, 6.45) is 3.35. The molecule has 30 heavy (non-hydrogen) atoms.